The van der Waals surface area contributed by atoms with E-state index in [2.05, 4.69) is 12.2 Å². The van der Waals surface area contributed by atoms with Crippen LogP contribution in [0.5, 0.6) is 0 Å². The molecule has 0 aromatic heterocycles. The predicted molar refractivity (Wildman–Crippen MR) is 77.0 cm³/mol. The van der Waals surface area contributed by atoms with Gasteiger partial charge in [-0.2, -0.15) is 0 Å². The molecule has 20 heavy (non-hydrogen) atoms. The molecule has 4 nitrogen and oxygen atoms in total. The molecule has 0 aromatic rings. The van der Waals surface area contributed by atoms with Crippen LogP contribution in [-0.2, 0) is 9.59 Å². The van der Waals surface area contributed by atoms with E-state index in [-0.39, 0.29) is 23.7 Å². The summed E-state index contributed by atoms with van der Waals surface area (Å²) in [5, 5.41) is 3.59. The van der Waals surface area contributed by atoms with Crippen molar-refractivity contribution in [2.45, 2.75) is 57.9 Å². The number of amides is 2. The lowest BCUT2D eigenvalue weighted by Gasteiger charge is -2.33. The van der Waals surface area contributed by atoms with Gasteiger partial charge in [-0.25, -0.2) is 0 Å². The van der Waals surface area contributed by atoms with E-state index in [1.165, 1.54) is 32.1 Å². The number of piperidine rings is 1. The van der Waals surface area contributed by atoms with Gasteiger partial charge < -0.3 is 5.32 Å². The third-order valence-electron chi connectivity index (χ3n) is 5.21. The number of nitrogens with one attached hydrogen (secondary N) is 1. The molecule has 1 saturated heterocycles. The molecular weight excluding hydrogens is 252 g/mol. The largest absolute Gasteiger partial charge is 0.312 e. The second kappa shape index (κ2) is 5.84. The van der Waals surface area contributed by atoms with Gasteiger partial charge in [0, 0.05) is 12.6 Å². The van der Waals surface area contributed by atoms with E-state index in [4.69, 9.17) is 0 Å². The molecule has 3 fully saturated rings. The Labute approximate surface area is 121 Å². The molecule has 0 spiro atoms. The van der Waals surface area contributed by atoms with Gasteiger partial charge in [-0.3, -0.25) is 14.5 Å². The maximum Gasteiger partial charge on any atom is 0.233 e. The quantitative estimate of drug-likeness (QED) is 0.755. The molecule has 1 aliphatic heterocycles. The van der Waals surface area contributed by atoms with Crippen LogP contribution in [0.2, 0.25) is 0 Å². The number of likely N-dealkylation sites (tertiary alicyclic amines) is 1. The van der Waals surface area contributed by atoms with Crippen LogP contribution >= 0.6 is 0 Å². The number of hydrogen-bond donors (Lipinski definition) is 1. The molecule has 4 heteroatoms. The van der Waals surface area contributed by atoms with Crippen LogP contribution < -0.4 is 5.32 Å². The van der Waals surface area contributed by atoms with E-state index in [1.807, 2.05) is 0 Å². The number of rotatable bonds is 6. The first-order valence-electron chi connectivity index (χ1n) is 8.31. The fourth-order valence-corrected chi connectivity index (χ4v) is 3.87. The maximum atomic E-state index is 12.1. The minimum Gasteiger partial charge on any atom is -0.312 e. The Kier molecular flexibility index (Phi) is 4.11. The van der Waals surface area contributed by atoms with Crippen molar-refractivity contribution in [3.8, 4) is 0 Å². The van der Waals surface area contributed by atoms with Crippen LogP contribution in [-0.4, -0.2) is 35.8 Å². The van der Waals surface area contributed by atoms with Crippen LogP contribution in [0.4, 0.5) is 0 Å². The molecule has 2 amide bonds. The Morgan fingerprint density at radius 2 is 1.80 bits per heavy atom. The van der Waals surface area contributed by atoms with Gasteiger partial charge in [-0.1, -0.05) is 26.2 Å². The van der Waals surface area contributed by atoms with E-state index in [1.54, 1.807) is 4.90 Å². The Hall–Kier alpha value is -0.900. The molecule has 0 radical (unpaired) electrons. The summed E-state index contributed by atoms with van der Waals surface area (Å²) in [5.41, 5.74) is 0. The highest BCUT2D eigenvalue weighted by molar-refractivity contribution is 6.08. The van der Waals surface area contributed by atoms with Crippen molar-refractivity contribution in [3.63, 3.8) is 0 Å². The van der Waals surface area contributed by atoms with Gasteiger partial charge >= 0.3 is 0 Å². The number of nitrogens with zero attached hydrogens (tertiary/aromatic N) is 1. The summed E-state index contributed by atoms with van der Waals surface area (Å²) in [5.74, 6) is 0.910. The van der Waals surface area contributed by atoms with Gasteiger partial charge in [0.15, 0.2) is 0 Å². The van der Waals surface area contributed by atoms with Gasteiger partial charge in [0.2, 0.25) is 11.8 Å². The van der Waals surface area contributed by atoms with Crippen molar-refractivity contribution in [1.82, 2.24) is 10.2 Å². The average Bonchev–Trinajstić information content (AvgIpc) is 3.23. The summed E-state index contributed by atoms with van der Waals surface area (Å²) in [4.78, 5) is 25.8. The molecule has 1 N–H and O–H groups in total. The highest BCUT2D eigenvalue weighted by Crippen LogP contribution is 2.47. The first kappa shape index (κ1) is 14.1. The van der Waals surface area contributed by atoms with Gasteiger partial charge in [0.1, 0.15) is 0 Å². The van der Waals surface area contributed by atoms with Gasteiger partial charge in [-0.05, 0) is 38.1 Å². The zero-order chi connectivity index (χ0) is 14.1. The van der Waals surface area contributed by atoms with E-state index in [9.17, 15) is 9.59 Å². The summed E-state index contributed by atoms with van der Waals surface area (Å²) < 4.78 is 0. The summed E-state index contributed by atoms with van der Waals surface area (Å²) in [6.07, 6.45) is 8.31. The Morgan fingerprint density at radius 3 is 2.40 bits per heavy atom. The Balaban J connectivity index is 1.63. The topological polar surface area (TPSA) is 49.4 Å². The van der Waals surface area contributed by atoms with Crippen molar-refractivity contribution in [3.05, 3.63) is 0 Å². The fraction of sp³-hybridized carbons (Fsp3) is 0.875. The van der Waals surface area contributed by atoms with Gasteiger partial charge in [0.05, 0.1) is 11.8 Å². The second-order valence-electron chi connectivity index (χ2n) is 6.69. The smallest absolute Gasteiger partial charge is 0.233 e. The van der Waals surface area contributed by atoms with Crippen molar-refractivity contribution in [2.75, 3.05) is 13.1 Å². The van der Waals surface area contributed by atoms with Crippen molar-refractivity contribution in [1.29, 1.82) is 0 Å². The maximum absolute atomic E-state index is 12.1. The number of carbonyl (C=O) groups excluding carboxylic acids is 2. The standard InChI is InChI=1S/C16H26N2O2/c1-2-8-17-14(11-6-4-3-5-7-11)10-18-15(19)12-9-13(12)16(18)20/h11-14,17H,2-10H2,1H3. The van der Waals surface area contributed by atoms with E-state index in [0.717, 1.165) is 19.4 Å². The van der Waals surface area contributed by atoms with E-state index < -0.39 is 0 Å². The monoisotopic (exact) mass is 278 g/mol. The van der Waals surface area contributed by atoms with Crippen molar-refractivity contribution < 1.29 is 9.59 Å². The normalized spacial score (nSPS) is 31.6. The average molecular weight is 278 g/mol. The Bertz CT molecular complexity index is 370. The minimum absolute atomic E-state index is 0.0423. The molecule has 2 aliphatic carbocycles. The molecule has 1 heterocycles. The molecule has 2 saturated carbocycles. The summed E-state index contributed by atoms with van der Waals surface area (Å²) in [6.45, 7) is 3.74. The van der Waals surface area contributed by atoms with Crippen molar-refractivity contribution >= 4 is 11.8 Å². The third-order valence-corrected chi connectivity index (χ3v) is 5.21. The summed E-state index contributed by atoms with van der Waals surface area (Å²) in [6, 6.07) is 0.306. The minimum atomic E-state index is 0.0423. The number of fused-ring (bicyclic) bond motifs is 1. The molecule has 112 valence electrons. The molecule has 0 aromatic carbocycles. The highest BCUT2D eigenvalue weighted by Gasteiger charge is 2.59. The SMILES string of the molecule is CCCNC(CN1C(=O)C2CC2C1=O)C1CCCCC1. The molecule has 0 bridgehead atoms. The summed E-state index contributed by atoms with van der Waals surface area (Å²) in [7, 11) is 0. The van der Waals surface area contributed by atoms with Crippen LogP contribution in [0.1, 0.15) is 51.9 Å². The zero-order valence-corrected chi connectivity index (χ0v) is 12.4. The van der Waals surface area contributed by atoms with Crippen LogP contribution in [0, 0.1) is 17.8 Å². The van der Waals surface area contributed by atoms with E-state index >= 15 is 0 Å². The van der Waals surface area contributed by atoms with Crippen molar-refractivity contribution in [2.24, 2.45) is 17.8 Å². The van der Waals surface area contributed by atoms with Crippen LogP contribution in [0.3, 0.4) is 0 Å². The molecular formula is C16H26N2O2. The van der Waals surface area contributed by atoms with Crippen LogP contribution in [0.15, 0.2) is 0 Å². The zero-order valence-electron chi connectivity index (χ0n) is 12.4. The van der Waals surface area contributed by atoms with Gasteiger partial charge in [0.25, 0.3) is 0 Å². The van der Waals surface area contributed by atoms with Gasteiger partial charge in [-0.15, -0.1) is 0 Å². The summed E-state index contributed by atoms with van der Waals surface area (Å²) >= 11 is 0. The molecule has 3 aliphatic rings. The molecule has 3 atom stereocenters. The number of carbonyl (C=O) groups is 2. The third kappa shape index (κ3) is 2.62. The molecule has 3 unspecified atom stereocenters. The lowest BCUT2D eigenvalue weighted by atomic mass is 9.83. The van der Waals surface area contributed by atoms with Crippen LogP contribution in [0.25, 0.3) is 0 Å². The number of imide groups is 1. The lowest BCUT2D eigenvalue weighted by molar-refractivity contribution is -0.142. The lowest BCUT2D eigenvalue weighted by Crippen LogP contribution is -2.49. The predicted octanol–water partition coefficient (Wildman–Crippen LogP) is 1.94. The first-order valence-corrected chi connectivity index (χ1v) is 8.31. The highest BCUT2D eigenvalue weighted by atomic mass is 16.2. The Morgan fingerprint density at radius 1 is 1.15 bits per heavy atom. The first-order chi connectivity index (χ1) is 9.72. The fourth-order valence-electron chi connectivity index (χ4n) is 3.87. The second-order valence-corrected chi connectivity index (χ2v) is 6.69. The molecule has 3 rings (SSSR count). The number of hydrogen-bond acceptors (Lipinski definition) is 3. The van der Waals surface area contributed by atoms with E-state index in [0.29, 0.717) is 18.5 Å².